The summed E-state index contributed by atoms with van der Waals surface area (Å²) in [6, 6.07) is 5.94. The lowest BCUT2D eigenvalue weighted by atomic mass is 10.1. The second kappa shape index (κ2) is 8.39. The second-order valence-electron chi connectivity index (χ2n) is 8.23. The van der Waals surface area contributed by atoms with E-state index in [4.69, 9.17) is 0 Å². The second-order valence-corrected chi connectivity index (χ2v) is 8.23. The third-order valence-corrected chi connectivity index (χ3v) is 5.99. The molecule has 1 aromatic carbocycles. The number of likely N-dealkylation sites (N-methyl/N-ethyl adjacent to an activating group) is 1. The predicted octanol–water partition coefficient (Wildman–Crippen LogP) is 1.84. The van der Waals surface area contributed by atoms with Crippen LogP contribution in [0, 0.1) is 19.8 Å². The minimum absolute atomic E-state index is 0.0277. The monoisotopic (exact) mass is 408 g/mol. The molecule has 0 bridgehead atoms. The van der Waals surface area contributed by atoms with Crippen LogP contribution < -0.4 is 15.1 Å². The Bertz CT molecular complexity index is 937. The topological polar surface area (TPSA) is 81.7 Å². The number of rotatable bonds is 4. The van der Waals surface area contributed by atoms with Gasteiger partial charge in [0.25, 0.3) is 0 Å². The summed E-state index contributed by atoms with van der Waals surface area (Å²) < 4.78 is 0. The number of hydrogen-bond donors (Lipinski definition) is 1. The van der Waals surface area contributed by atoms with Crippen LogP contribution >= 0.6 is 0 Å². The molecule has 30 heavy (non-hydrogen) atoms. The molecule has 158 valence electrons. The Morgan fingerprint density at radius 3 is 2.43 bits per heavy atom. The number of anilines is 3. The van der Waals surface area contributed by atoms with E-state index in [0.29, 0.717) is 18.2 Å². The molecule has 8 nitrogen and oxygen atoms in total. The summed E-state index contributed by atoms with van der Waals surface area (Å²) in [6.45, 7) is 8.19. The Hall–Kier alpha value is -3.00. The van der Waals surface area contributed by atoms with Crippen molar-refractivity contribution in [2.24, 2.45) is 5.92 Å². The van der Waals surface area contributed by atoms with Crippen molar-refractivity contribution in [2.45, 2.75) is 20.3 Å². The molecule has 1 aromatic heterocycles. The molecule has 2 amide bonds. The first kappa shape index (κ1) is 20.3. The third kappa shape index (κ3) is 4.28. The zero-order chi connectivity index (χ0) is 21.3. The van der Waals surface area contributed by atoms with Crippen LogP contribution in [0.3, 0.4) is 0 Å². The number of piperazine rings is 1. The van der Waals surface area contributed by atoms with Crippen LogP contribution in [-0.2, 0) is 9.59 Å². The Morgan fingerprint density at radius 1 is 1.07 bits per heavy atom. The number of aryl methyl sites for hydroxylation is 2. The minimum Gasteiger partial charge on any atom is -0.338 e. The predicted molar refractivity (Wildman–Crippen MR) is 117 cm³/mol. The fourth-order valence-electron chi connectivity index (χ4n) is 3.83. The van der Waals surface area contributed by atoms with Crippen molar-refractivity contribution in [1.82, 2.24) is 14.9 Å². The van der Waals surface area contributed by atoms with Gasteiger partial charge in [-0.25, -0.2) is 9.97 Å². The number of benzene rings is 1. The molecule has 8 heteroatoms. The van der Waals surface area contributed by atoms with E-state index >= 15 is 0 Å². The van der Waals surface area contributed by atoms with Gasteiger partial charge in [0.1, 0.15) is 0 Å². The molecule has 3 heterocycles. The number of carbonyl (C=O) groups excluding carboxylic acids is 2. The van der Waals surface area contributed by atoms with Crippen molar-refractivity contribution >= 4 is 29.1 Å². The molecular weight excluding hydrogens is 380 g/mol. The van der Waals surface area contributed by atoms with E-state index in [1.54, 1.807) is 17.3 Å². The van der Waals surface area contributed by atoms with Crippen LogP contribution in [0.4, 0.5) is 17.3 Å². The summed E-state index contributed by atoms with van der Waals surface area (Å²) in [5.74, 6) is 0.0835. The third-order valence-electron chi connectivity index (χ3n) is 5.99. The van der Waals surface area contributed by atoms with Gasteiger partial charge in [-0.1, -0.05) is 6.07 Å². The van der Waals surface area contributed by atoms with Gasteiger partial charge in [-0.15, -0.1) is 0 Å². The largest absolute Gasteiger partial charge is 0.338 e. The average Bonchev–Trinajstić information content (AvgIpc) is 3.13. The van der Waals surface area contributed by atoms with E-state index in [9.17, 15) is 9.59 Å². The fraction of sp³-hybridized carbons (Fsp3) is 0.455. The van der Waals surface area contributed by atoms with Gasteiger partial charge >= 0.3 is 0 Å². The summed E-state index contributed by atoms with van der Waals surface area (Å²) >= 11 is 0. The summed E-state index contributed by atoms with van der Waals surface area (Å²) in [7, 11) is 2.10. The van der Waals surface area contributed by atoms with Gasteiger partial charge in [-0.3, -0.25) is 9.59 Å². The molecule has 1 N–H and O–H groups in total. The first-order valence-corrected chi connectivity index (χ1v) is 10.3. The van der Waals surface area contributed by atoms with Crippen LogP contribution in [0.1, 0.15) is 17.5 Å². The molecule has 0 aliphatic carbocycles. The molecule has 0 spiro atoms. The van der Waals surface area contributed by atoms with Gasteiger partial charge in [0, 0.05) is 44.8 Å². The molecule has 4 rings (SSSR count). The van der Waals surface area contributed by atoms with Gasteiger partial charge in [-0.05, 0) is 44.2 Å². The average molecular weight is 409 g/mol. The molecule has 2 aliphatic rings. The minimum atomic E-state index is -0.392. The van der Waals surface area contributed by atoms with E-state index in [0.717, 1.165) is 37.4 Å². The number of carbonyl (C=O) groups is 2. The lowest BCUT2D eigenvalue weighted by molar-refractivity contribution is -0.122. The summed E-state index contributed by atoms with van der Waals surface area (Å²) in [5.41, 5.74) is 3.71. The van der Waals surface area contributed by atoms with Gasteiger partial charge in [0.15, 0.2) is 0 Å². The highest BCUT2D eigenvalue weighted by atomic mass is 16.2. The number of hydrogen-bond acceptors (Lipinski definition) is 6. The first-order chi connectivity index (χ1) is 14.4. The maximum Gasteiger partial charge on any atom is 0.229 e. The highest BCUT2D eigenvalue weighted by Gasteiger charge is 2.35. The maximum absolute atomic E-state index is 12.7. The quantitative estimate of drug-likeness (QED) is 0.831. The van der Waals surface area contributed by atoms with E-state index in [-0.39, 0.29) is 18.2 Å². The molecule has 2 aromatic rings. The van der Waals surface area contributed by atoms with Gasteiger partial charge in [0.2, 0.25) is 17.8 Å². The van der Waals surface area contributed by atoms with Crippen LogP contribution in [0.15, 0.2) is 30.6 Å². The van der Waals surface area contributed by atoms with Crippen LogP contribution in [-0.4, -0.2) is 66.5 Å². The Kier molecular flexibility index (Phi) is 5.67. The van der Waals surface area contributed by atoms with Gasteiger partial charge in [0.05, 0.1) is 24.0 Å². The normalized spacial score (nSPS) is 20.0. The standard InChI is InChI=1S/C22H28N6O2/c1-15-4-5-19(10-16(15)2)28-14-17(11-20(28)29)21(30)25-18-12-23-22(24-13-18)27-8-6-26(3)7-9-27/h4-5,10,12-13,17H,6-9,11,14H2,1-3H3,(H,25,30). The summed E-state index contributed by atoms with van der Waals surface area (Å²) in [6.07, 6.45) is 3.48. The number of amides is 2. The van der Waals surface area contributed by atoms with E-state index in [1.807, 2.05) is 32.0 Å². The molecule has 0 saturated carbocycles. The number of nitrogens with zero attached hydrogens (tertiary/aromatic N) is 5. The Balaban J connectivity index is 1.37. The van der Waals surface area contributed by atoms with Crippen molar-refractivity contribution in [1.29, 1.82) is 0 Å². The lowest BCUT2D eigenvalue weighted by Gasteiger charge is -2.32. The van der Waals surface area contributed by atoms with Crippen LogP contribution in [0.5, 0.6) is 0 Å². The molecule has 1 atom stereocenters. The lowest BCUT2D eigenvalue weighted by Crippen LogP contribution is -2.45. The fourth-order valence-corrected chi connectivity index (χ4v) is 3.83. The molecule has 2 fully saturated rings. The zero-order valence-electron chi connectivity index (χ0n) is 17.8. The van der Waals surface area contributed by atoms with Crippen LogP contribution in [0.25, 0.3) is 0 Å². The SMILES string of the molecule is Cc1ccc(N2CC(C(=O)Nc3cnc(N4CCN(C)CC4)nc3)CC2=O)cc1C. The maximum atomic E-state index is 12.7. The number of aromatic nitrogens is 2. The van der Waals surface area contributed by atoms with Crippen molar-refractivity contribution in [3.05, 3.63) is 41.7 Å². The smallest absolute Gasteiger partial charge is 0.229 e. The molecule has 0 radical (unpaired) electrons. The molecule has 2 aliphatic heterocycles. The Morgan fingerprint density at radius 2 is 1.77 bits per heavy atom. The molecule has 1 unspecified atom stereocenters. The summed E-state index contributed by atoms with van der Waals surface area (Å²) in [4.78, 5) is 40.1. The highest BCUT2D eigenvalue weighted by molar-refractivity contribution is 6.03. The molecule has 2 saturated heterocycles. The zero-order valence-corrected chi connectivity index (χ0v) is 17.8. The van der Waals surface area contributed by atoms with Gasteiger partial charge in [-0.2, -0.15) is 0 Å². The van der Waals surface area contributed by atoms with Gasteiger partial charge < -0.3 is 20.0 Å². The van der Waals surface area contributed by atoms with Crippen molar-refractivity contribution in [3.63, 3.8) is 0 Å². The van der Waals surface area contributed by atoms with E-state index in [2.05, 4.69) is 32.1 Å². The van der Waals surface area contributed by atoms with Crippen molar-refractivity contribution in [2.75, 3.05) is 54.9 Å². The molecular formula is C22H28N6O2. The number of nitrogens with one attached hydrogen (secondary N) is 1. The van der Waals surface area contributed by atoms with Crippen LogP contribution in [0.2, 0.25) is 0 Å². The Labute approximate surface area is 176 Å². The van der Waals surface area contributed by atoms with Crippen molar-refractivity contribution in [3.8, 4) is 0 Å². The summed E-state index contributed by atoms with van der Waals surface area (Å²) in [5, 5.41) is 2.86. The van der Waals surface area contributed by atoms with E-state index < -0.39 is 5.92 Å². The van der Waals surface area contributed by atoms with E-state index in [1.165, 1.54) is 5.56 Å². The highest BCUT2D eigenvalue weighted by Crippen LogP contribution is 2.27. The van der Waals surface area contributed by atoms with Crippen molar-refractivity contribution < 1.29 is 9.59 Å². The first-order valence-electron chi connectivity index (χ1n) is 10.3.